The van der Waals surface area contributed by atoms with Gasteiger partial charge in [0.15, 0.2) is 5.69 Å². The van der Waals surface area contributed by atoms with E-state index in [4.69, 9.17) is 0 Å². The number of amides is 1. The fraction of sp³-hybridized carbons (Fsp3) is 0.417. The third-order valence-electron chi connectivity index (χ3n) is 3.30. The van der Waals surface area contributed by atoms with Gasteiger partial charge in [-0.05, 0) is 18.9 Å². The first-order chi connectivity index (χ1) is 9.24. The summed E-state index contributed by atoms with van der Waals surface area (Å²) in [7, 11) is 0. The molecule has 0 unspecified atom stereocenters. The molecule has 0 aromatic carbocycles. The normalized spacial score (nSPS) is 17.7. The largest absolute Gasteiger partial charge is 0.393 e. The Labute approximate surface area is 109 Å². The van der Waals surface area contributed by atoms with Crippen molar-refractivity contribution in [1.82, 2.24) is 25.6 Å². The highest BCUT2D eigenvalue weighted by Gasteiger charge is 2.21. The fourth-order valence-corrected chi connectivity index (χ4v) is 2.20. The topological polar surface area (TPSA) is 94.1 Å². The number of fused-ring (bicyclic) bond motifs is 1. The number of pyridine rings is 1. The molecule has 0 aliphatic carbocycles. The van der Waals surface area contributed by atoms with Crippen LogP contribution in [-0.2, 0) is 0 Å². The first kappa shape index (κ1) is 12.1. The lowest BCUT2D eigenvalue weighted by atomic mass is 10.1. The van der Waals surface area contributed by atoms with E-state index in [1.807, 2.05) is 5.01 Å². The van der Waals surface area contributed by atoms with Gasteiger partial charge in [-0.1, -0.05) is 0 Å². The van der Waals surface area contributed by atoms with Crippen LogP contribution in [-0.4, -0.2) is 50.4 Å². The Kier molecular flexibility index (Phi) is 3.14. The third-order valence-corrected chi connectivity index (χ3v) is 3.30. The van der Waals surface area contributed by atoms with Crippen molar-refractivity contribution < 1.29 is 9.90 Å². The van der Waals surface area contributed by atoms with E-state index in [0.717, 1.165) is 5.52 Å². The van der Waals surface area contributed by atoms with E-state index in [1.54, 1.807) is 18.5 Å². The zero-order valence-electron chi connectivity index (χ0n) is 10.3. The van der Waals surface area contributed by atoms with Crippen LogP contribution in [0.3, 0.4) is 0 Å². The minimum absolute atomic E-state index is 0.254. The second-order valence-electron chi connectivity index (χ2n) is 4.65. The standard InChI is InChI=1S/C12H15N5O2/c18-8-2-5-17(6-3-8)16-12(19)11-9-7-13-4-1-10(9)14-15-11/h1,4,7-8,18H,2-3,5-6H2,(H,14,15)(H,16,19). The quantitative estimate of drug-likeness (QED) is 0.710. The van der Waals surface area contributed by atoms with Crippen LogP contribution < -0.4 is 5.43 Å². The first-order valence-electron chi connectivity index (χ1n) is 6.26. The van der Waals surface area contributed by atoms with Crippen molar-refractivity contribution in [2.45, 2.75) is 18.9 Å². The van der Waals surface area contributed by atoms with Crippen LogP contribution >= 0.6 is 0 Å². The molecule has 0 spiro atoms. The molecule has 2 aromatic heterocycles. The smallest absolute Gasteiger partial charge is 0.286 e. The predicted octanol–water partition coefficient (Wildman–Crippen LogP) is 0.0594. The van der Waals surface area contributed by atoms with Crippen LogP contribution in [0.2, 0.25) is 0 Å². The maximum absolute atomic E-state index is 12.1. The zero-order valence-corrected chi connectivity index (χ0v) is 10.3. The van der Waals surface area contributed by atoms with Crippen LogP contribution in [0, 0.1) is 0 Å². The lowest BCUT2D eigenvalue weighted by Crippen LogP contribution is -2.47. The van der Waals surface area contributed by atoms with E-state index in [9.17, 15) is 9.90 Å². The number of aromatic nitrogens is 3. The molecule has 1 amide bonds. The van der Waals surface area contributed by atoms with E-state index >= 15 is 0 Å². The number of aliphatic hydroxyl groups excluding tert-OH is 1. The number of nitrogens with zero attached hydrogens (tertiary/aromatic N) is 3. The summed E-state index contributed by atoms with van der Waals surface area (Å²) < 4.78 is 0. The Morgan fingerprint density at radius 3 is 3.05 bits per heavy atom. The van der Waals surface area contributed by atoms with E-state index < -0.39 is 0 Å². The molecule has 0 saturated carbocycles. The van der Waals surface area contributed by atoms with Gasteiger partial charge in [-0.25, -0.2) is 5.01 Å². The van der Waals surface area contributed by atoms with Gasteiger partial charge in [-0.15, -0.1) is 0 Å². The van der Waals surface area contributed by atoms with E-state index in [-0.39, 0.29) is 12.0 Å². The number of H-pyrrole nitrogens is 1. The van der Waals surface area contributed by atoms with Gasteiger partial charge in [-0.3, -0.25) is 20.3 Å². The monoisotopic (exact) mass is 261 g/mol. The van der Waals surface area contributed by atoms with Gasteiger partial charge in [0.1, 0.15) is 0 Å². The first-order valence-corrected chi connectivity index (χ1v) is 6.26. The SMILES string of the molecule is O=C(NN1CCC(O)CC1)c1n[nH]c2ccncc12. The molecule has 1 saturated heterocycles. The number of piperidine rings is 1. The Balaban J connectivity index is 1.73. The summed E-state index contributed by atoms with van der Waals surface area (Å²) in [6.07, 6.45) is 4.34. The molecular formula is C12H15N5O2. The average molecular weight is 261 g/mol. The summed E-state index contributed by atoms with van der Waals surface area (Å²) in [5.74, 6) is -0.254. The van der Waals surface area contributed by atoms with Gasteiger partial charge in [0.2, 0.25) is 0 Å². The molecule has 100 valence electrons. The number of carbonyl (C=O) groups excluding carboxylic acids is 1. The lowest BCUT2D eigenvalue weighted by Gasteiger charge is -2.29. The van der Waals surface area contributed by atoms with Gasteiger partial charge >= 0.3 is 0 Å². The number of hydrogen-bond acceptors (Lipinski definition) is 5. The molecule has 3 heterocycles. The number of rotatable bonds is 2. The number of aliphatic hydroxyl groups is 1. The minimum Gasteiger partial charge on any atom is -0.393 e. The number of hydrogen-bond donors (Lipinski definition) is 3. The van der Waals surface area contributed by atoms with Crippen LogP contribution in [0.1, 0.15) is 23.3 Å². The van der Waals surface area contributed by atoms with Gasteiger partial charge < -0.3 is 5.11 Å². The van der Waals surface area contributed by atoms with E-state index in [0.29, 0.717) is 37.0 Å². The molecule has 0 radical (unpaired) electrons. The molecule has 0 bridgehead atoms. The number of hydrazine groups is 1. The highest BCUT2D eigenvalue weighted by Crippen LogP contribution is 2.14. The highest BCUT2D eigenvalue weighted by atomic mass is 16.3. The van der Waals surface area contributed by atoms with Crippen molar-refractivity contribution in [3.05, 3.63) is 24.2 Å². The van der Waals surface area contributed by atoms with E-state index in [1.165, 1.54) is 0 Å². The average Bonchev–Trinajstić information content (AvgIpc) is 2.85. The molecule has 7 heteroatoms. The van der Waals surface area contributed by atoms with Crippen molar-refractivity contribution >= 4 is 16.8 Å². The fourth-order valence-electron chi connectivity index (χ4n) is 2.20. The molecule has 7 nitrogen and oxygen atoms in total. The van der Waals surface area contributed by atoms with Crippen molar-refractivity contribution in [3.8, 4) is 0 Å². The Bertz CT molecular complexity index is 589. The second-order valence-corrected chi connectivity index (χ2v) is 4.65. The summed E-state index contributed by atoms with van der Waals surface area (Å²) in [5.41, 5.74) is 3.94. The molecule has 19 heavy (non-hydrogen) atoms. The predicted molar refractivity (Wildman–Crippen MR) is 68.2 cm³/mol. The van der Waals surface area contributed by atoms with Crippen LogP contribution in [0.25, 0.3) is 10.9 Å². The number of carbonyl (C=O) groups is 1. The van der Waals surface area contributed by atoms with Crippen LogP contribution in [0.15, 0.2) is 18.5 Å². The molecule has 3 rings (SSSR count). The maximum Gasteiger partial charge on any atom is 0.286 e. The minimum atomic E-state index is -0.261. The lowest BCUT2D eigenvalue weighted by molar-refractivity contribution is 0.0465. The summed E-state index contributed by atoms with van der Waals surface area (Å²) in [4.78, 5) is 16.1. The molecule has 2 aromatic rings. The molecule has 3 N–H and O–H groups in total. The third kappa shape index (κ3) is 2.42. The summed E-state index contributed by atoms with van der Waals surface area (Å²) >= 11 is 0. The van der Waals surface area contributed by atoms with Crippen LogP contribution in [0.4, 0.5) is 0 Å². The van der Waals surface area contributed by atoms with Crippen molar-refractivity contribution in [3.63, 3.8) is 0 Å². The molecule has 1 aliphatic heterocycles. The Morgan fingerprint density at radius 1 is 1.47 bits per heavy atom. The van der Waals surface area contributed by atoms with Crippen molar-refractivity contribution in [1.29, 1.82) is 0 Å². The highest BCUT2D eigenvalue weighted by molar-refractivity contribution is 6.04. The molecule has 1 aliphatic rings. The summed E-state index contributed by atoms with van der Waals surface area (Å²) in [6.45, 7) is 1.29. The van der Waals surface area contributed by atoms with Gasteiger partial charge in [0, 0.05) is 25.5 Å². The second kappa shape index (κ2) is 4.94. The van der Waals surface area contributed by atoms with Crippen molar-refractivity contribution in [2.75, 3.05) is 13.1 Å². The molecule has 1 fully saturated rings. The molecular weight excluding hydrogens is 246 g/mol. The number of nitrogens with one attached hydrogen (secondary N) is 2. The number of aromatic amines is 1. The van der Waals surface area contributed by atoms with Gasteiger partial charge in [-0.2, -0.15) is 5.10 Å². The van der Waals surface area contributed by atoms with Crippen molar-refractivity contribution in [2.24, 2.45) is 0 Å². The Hall–Kier alpha value is -1.99. The maximum atomic E-state index is 12.1. The summed E-state index contributed by atoms with van der Waals surface area (Å²) in [5, 5.41) is 18.8. The van der Waals surface area contributed by atoms with E-state index in [2.05, 4.69) is 20.6 Å². The summed E-state index contributed by atoms with van der Waals surface area (Å²) in [6, 6.07) is 1.77. The van der Waals surface area contributed by atoms with Gasteiger partial charge in [0.25, 0.3) is 5.91 Å². The zero-order chi connectivity index (χ0) is 13.2. The van der Waals surface area contributed by atoms with Crippen LogP contribution in [0.5, 0.6) is 0 Å². The Morgan fingerprint density at radius 2 is 2.26 bits per heavy atom. The molecule has 0 atom stereocenters. The van der Waals surface area contributed by atoms with Gasteiger partial charge in [0.05, 0.1) is 17.0 Å².